The summed E-state index contributed by atoms with van der Waals surface area (Å²) in [6.07, 6.45) is 7.61. The number of fused-ring (bicyclic) bond motifs is 1. The molecule has 3 rings (SSSR count). The molecule has 0 aliphatic carbocycles. The Bertz CT molecular complexity index is 1060. The number of rotatable bonds is 15. The molecule has 1 atom stereocenters. The number of amides is 5. The lowest BCUT2D eigenvalue weighted by molar-refractivity contribution is -0.136. The molecule has 5 amide bonds. The summed E-state index contributed by atoms with van der Waals surface area (Å²) in [5.74, 6) is -0.308. The van der Waals surface area contributed by atoms with Gasteiger partial charge in [0, 0.05) is 19.4 Å². The van der Waals surface area contributed by atoms with Gasteiger partial charge >= 0.3 is 0 Å². The van der Waals surface area contributed by atoms with Crippen LogP contribution < -0.4 is 10.6 Å². The number of carbonyl (C=O) groups excluding carboxylic acids is 5. The Hall–Kier alpha value is -3.59. The minimum atomic E-state index is -1.06. The van der Waals surface area contributed by atoms with Crippen LogP contribution in [0.4, 0.5) is 5.69 Å². The Labute approximate surface area is 215 Å². The topological polar surface area (TPSA) is 140 Å². The van der Waals surface area contributed by atoms with Gasteiger partial charge in [-0.05, 0) is 31.4 Å². The number of hydrogen-bond donors (Lipinski definition) is 2. The molecule has 1 aromatic carbocycles. The largest absolute Gasteiger partial charge is 0.379 e. The van der Waals surface area contributed by atoms with Crippen LogP contribution in [-0.2, 0) is 28.6 Å². The Morgan fingerprint density at radius 1 is 1.00 bits per heavy atom. The molecule has 1 unspecified atom stereocenters. The lowest BCUT2D eigenvalue weighted by atomic mass is 10.0. The smallest absolute Gasteiger partial charge is 0.264 e. The van der Waals surface area contributed by atoms with Crippen LogP contribution in [0.1, 0.15) is 59.2 Å². The van der Waals surface area contributed by atoms with Crippen LogP contribution in [0.5, 0.6) is 0 Å². The molecule has 37 heavy (non-hydrogen) atoms. The van der Waals surface area contributed by atoms with Gasteiger partial charge in [-0.1, -0.05) is 18.4 Å². The molecule has 0 spiro atoms. The second-order valence-electron chi connectivity index (χ2n) is 8.52. The summed E-state index contributed by atoms with van der Waals surface area (Å²) < 4.78 is 15.9. The second kappa shape index (κ2) is 14.2. The van der Waals surface area contributed by atoms with Gasteiger partial charge in [-0.25, -0.2) is 0 Å². The number of piperidine rings is 1. The predicted molar refractivity (Wildman–Crippen MR) is 132 cm³/mol. The molecule has 2 aliphatic heterocycles. The van der Waals surface area contributed by atoms with E-state index in [2.05, 4.69) is 16.6 Å². The normalized spacial score (nSPS) is 16.9. The van der Waals surface area contributed by atoms with E-state index in [1.807, 2.05) is 0 Å². The zero-order valence-electron chi connectivity index (χ0n) is 20.6. The van der Waals surface area contributed by atoms with Gasteiger partial charge in [0.1, 0.15) is 12.6 Å². The van der Waals surface area contributed by atoms with E-state index in [-0.39, 0.29) is 48.6 Å². The number of imide groups is 2. The highest BCUT2D eigenvalue weighted by Gasteiger charge is 2.45. The fourth-order valence-electron chi connectivity index (χ4n) is 4.07. The minimum absolute atomic E-state index is 0.0371. The molecule has 2 N–H and O–H groups in total. The van der Waals surface area contributed by atoms with Crippen molar-refractivity contribution >= 4 is 35.2 Å². The summed E-state index contributed by atoms with van der Waals surface area (Å²) in [6, 6.07) is 3.54. The molecule has 1 fully saturated rings. The number of hydrogen-bond acceptors (Lipinski definition) is 8. The van der Waals surface area contributed by atoms with E-state index < -0.39 is 29.7 Å². The van der Waals surface area contributed by atoms with Crippen molar-refractivity contribution in [2.24, 2.45) is 0 Å². The lowest BCUT2D eigenvalue weighted by Gasteiger charge is -2.27. The SMILES string of the molecule is C#CCOCCOCCOCCCCCC(=O)Nc1cccc2c1C(=O)N(C1CCC(=O)NC1=O)C2=O. The standard InChI is InChI=1S/C26H31N3O8/c1-2-12-35-14-16-37-17-15-36-13-5-3-4-9-21(30)27-19-8-6-7-18-23(19)26(34)29(25(18)33)20-10-11-22(31)28-24(20)32/h1,6-8,20H,3-5,9-17H2,(H,27,30)(H,28,31,32). The molecular weight excluding hydrogens is 482 g/mol. The summed E-state index contributed by atoms with van der Waals surface area (Å²) in [6.45, 7) is 2.66. The first-order chi connectivity index (χ1) is 17.9. The van der Waals surface area contributed by atoms with Gasteiger partial charge in [-0.15, -0.1) is 6.42 Å². The molecule has 0 radical (unpaired) electrons. The minimum Gasteiger partial charge on any atom is -0.379 e. The van der Waals surface area contributed by atoms with E-state index in [1.54, 1.807) is 12.1 Å². The second-order valence-corrected chi connectivity index (χ2v) is 8.52. The van der Waals surface area contributed by atoms with Gasteiger partial charge in [-0.3, -0.25) is 34.2 Å². The summed E-state index contributed by atoms with van der Waals surface area (Å²) in [5.41, 5.74) is 0.404. The van der Waals surface area contributed by atoms with Gasteiger partial charge in [0.25, 0.3) is 11.8 Å². The van der Waals surface area contributed by atoms with E-state index in [0.29, 0.717) is 39.5 Å². The van der Waals surface area contributed by atoms with E-state index in [1.165, 1.54) is 6.07 Å². The first-order valence-electron chi connectivity index (χ1n) is 12.2. The number of carbonyl (C=O) groups is 5. The highest BCUT2D eigenvalue weighted by Crippen LogP contribution is 2.32. The van der Waals surface area contributed by atoms with Gasteiger partial charge in [0.15, 0.2) is 0 Å². The maximum absolute atomic E-state index is 13.1. The summed E-state index contributed by atoms with van der Waals surface area (Å²) in [5, 5.41) is 4.88. The molecule has 11 heteroatoms. The highest BCUT2D eigenvalue weighted by atomic mass is 16.5. The Balaban J connectivity index is 1.38. The Morgan fingerprint density at radius 3 is 2.46 bits per heavy atom. The Morgan fingerprint density at radius 2 is 1.73 bits per heavy atom. The third-order valence-electron chi connectivity index (χ3n) is 5.86. The number of ether oxygens (including phenoxy) is 3. The number of terminal acetylenes is 1. The van der Waals surface area contributed by atoms with E-state index >= 15 is 0 Å². The first kappa shape index (κ1) is 28.0. The highest BCUT2D eigenvalue weighted by molar-refractivity contribution is 6.26. The monoisotopic (exact) mass is 513 g/mol. The van der Waals surface area contributed by atoms with Crippen molar-refractivity contribution in [3.8, 4) is 12.3 Å². The summed E-state index contributed by atoms with van der Waals surface area (Å²) >= 11 is 0. The molecule has 0 saturated carbocycles. The van der Waals surface area contributed by atoms with Crippen LogP contribution in [0.2, 0.25) is 0 Å². The van der Waals surface area contributed by atoms with Crippen molar-refractivity contribution < 1.29 is 38.2 Å². The molecule has 2 heterocycles. The predicted octanol–water partition coefficient (Wildman–Crippen LogP) is 1.27. The molecule has 1 saturated heterocycles. The van der Waals surface area contributed by atoms with Crippen molar-refractivity contribution in [3.63, 3.8) is 0 Å². The van der Waals surface area contributed by atoms with Gasteiger partial charge < -0.3 is 19.5 Å². The van der Waals surface area contributed by atoms with E-state index in [0.717, 1.165) is 17.7 Å². The molecule has 198 valence electrons. The summed E-state index contributed by atoms with van der Waals surface area (Å²) in [7, 11) is 0. The number of unbranched alkanes of at least 4 members (excludes halogenated alkanes) is 2. The van der Waals surface area contributed by atoms with Crippen LogP contribution in [-0.4, -0.2) is 80.1 Å². The maximum Gasteiger partial charge on any atom is 0.264 e. The van der Waals surface area contributed by atoms with Crippen molar-refractivity contribution in [3.05, 3.63) is 29.3 Å². The maximum atomic E-state index is 13.1. The molecular formula is C26H31N3O8. The fraction of sp³-hybridized carbons (Fsp3) is 0.500. The number of nitrogens with zero attached hydrogens (tertiary/aromatic N) is 1. The van der Waals surface area contributed by atoms with Crippen LogP contribution in [0.25, 0.3) is 0 Å². The van der Waals surface area contributed by atoms with Crippen LogP contribution >= 0.6 is 0 Å². The van der Waals surface area contributed by atoms with Gasteiger partial charge in [0.05, 0.1) is 43.2 Å². The molecule has 0 aromatic heterocycles. The molecule has 1 aromatic rings. The van der Waals surface area contributed by atoms with Gasteiger partial charge in [0.2, 0.25) is 17.7 Å². The molecule has 11 nitrogen and oxygen atoms in total. The van der Waals surface area contributed by atoms with Crippen molar-refractivity contribution in [2.75, 3.05) is 45.0 Å². The van der Waals surface area contributed by atoms with Crippen LogP contribution in [0.15, 0.2) is 18.2 Å². The zero-order valence-corrected chi connectivity index (χ0v) is 20.6. The van der Waals surface area contributed by atoms with Crippen LogP contribution in [0.3, 0.4) is 0 Å². The van der Waals surface area contributed by atoms with Gasteiger partial charge in [-0.2, -0.15) is 0 Å². The van der Waals surface area contributed by atoms with Crippen LogP contribution in [0, 0.1) is 12.3 Å². The fourth-order valence-corrected chi connectivity index (χ4v) is 4.07. The Kier molecular flexibility index (Phi) is 10.8. The zero-order chi connectivity index (χ0) is 26.6. The first-order valence-corrected chi connectivity index (χ1v) is 12.2. The number of anilines is 1. The van der Waals surface area contributed by atoms with E-state index in [9.17, 15) is 24.0 Å². The van der Waals surface area contributed by atoms with Crippen molar-refractivity contribution in [1.82, 2.24) is 10.2 Å². The third kappa shape index (κ3) is 7.69. The van der Waals surface area contributed by atoms with Crippen molar-refractivity contribution in [2.45, 2.75) is 44.6 Å². The number of benzene rings is 1. The average molecular weight is 514 g/mol. The quantitative estimate of drug-likeness (QED) is 0.203. The lowest BCUT2D eigenvalue weighted by Crippen LogP contribution is -2.54. The molecule has 2 aliphatic rings. The molecule has 0 bridgehead atoms. The van der Waals surface area contributed by atoms with Crippen molar-refractivity contribution in [1.29, 1.82) is 0 Å². The average Bonchev–Trinajstić information content (AvgIpc) is 3.12. The third-order valence-corrected chi connectivity index (χ3v) is 5.86. The summed E-state index contributed by atoms with van der Waals surface area (Å²) in [4.78, 5) is 63.0. The number of nitrogens with one attached hydrogen (secondary N) is 2. The van der Waals surface area contributed by atoms with E-state index in [4.69, 9.17) is 20.6 Å².